The lowest BCUT2D eigenvalue weighted by molar-refractivity contribution is -0.131. The molecule has 4 N–H and O–H groups in total. The van der Waals surface area contributed by atoms with E-state index in [0.29, 0.717) is 5.56 Å². The van der Waals surface area contributed by atoms with Gasteiger partial charge in [0.1, 0.15) is 5.69 Å². The van der Waals surface area contributed by atoms with Crippen molar-refractivity contribution in [2.24, 2.45) is 5.73 Å². The smallest absolute Gasteiger partial charge is 0.328 e. The molecule has 0 aliphatic rings. The fourth-order valence-corrected chi connectivity index (χ4v) is 1.06. The highest BCUT2D eigenvalue weighted by atomic mass is 16.4. The van der Waals surface area contributed by atoms with Crippen molar-refractivity contribution in [3.8, 4) is 0 Å². The molecule has 2 amide bonds. The average molecular weight is 249 g/mol. The van der Waals surface area contributed by atoms with Crippen LogP contribution in [0.4, 0.5) is 0 Å². The second-order valence-electron chi connectivity index (χ2n) is 3.30. The van der Waals surface area contributed by atoms with Gasteiger partial charge in [0.25, 0.3) is 5.91 Å². The first kappa shape index (κ1) is 13.4. The molecule has 1 aromatic rings. The summed E-state index contributed by atoms with van der Waals surface area (Å²) >= 11 is 0. The Hall–Kier alpha value is -2.70. The Morgan fingerprint density at radius 1 is 1.39 bits per heavy atom. The van der Waals surface area contributed by atoms with E-state index >= 15 is 0 Å². The quantitative estimate of drug-likeness (QED) is 0.601. The van der Waals surface area contributed by atoms with Crippen molar-refractivity contribution in [2.75, 3.05) is 6.54 Å². The van der Waals surface area contributed by atoms with E-state index in [4.69, 9.17) is 10.8 Å². The van der Waals surface area contributed by atoms with Crippen molar-refractivity contribution in [3.05, 3.63) is 35.7 Å². The molecule has 18 heavy (non-hydrogen) atoms. The zero-order chi connectivity index (χ0) is 13.5. The van der Waals surface area contributed by atoms with Crippen LogP contribution in [0.15, 0.2) is 24.4 Å². The van der Waals surface area contributed by atoms with Gasteiger partial charge >= 0.3 is 5.97 Å². The number of hydrogen-bond donors (Lipinski definition) is 3. The highest BCUT2D eigenvalue weighted by Crippen LogP contribution is 2.02. The molecule has 7 heteroatoms. The van der Waals surface area contributed by atoms with Crippen LogP contribution in [-0.4, -0.2) is 34.4 Å². The number of nitrogens with zero attached hydrogens (tertiary/aromatic N) is 1. The van der Waals surface area contributed by atoms with E-state index in [0.717, 1.165) is 6.08 Å². The molecule has 0 aromatic carbocycles. The fourth-order valence-electron chi connectivity index (χ4n) is 1.06. The zero-order valence-corrected chi connectivity index (χ0v) is 9.29. The number of hydrogen-bond acceptors (Lipinski definition) is 4. The van der Waals surface area contributed by atoms with Gasteiger partial charge in [0, 0.05) is 12.3 Å². The second kappa shape index (κ2) is 6.14. The molecule has 0 fully saturated rings. The number of aromatic nitrogens is 1. The number of nitrogens with two attached hydrogens (primary N) is 1. The molecule has 1 heterocycles. The fraction of sp³-hybridized carbons (Fsp3) is 0.0909. The lowest BCUT2D eigenvalue weighted by atomic mass is 10.2. The van der Waals surface area contributed by atoms with E-state index < -0.39 is 17.8 Å². The van der Waals surface area contributed by atoms with E-state index in [1.807, 2.05) is 0 Å². The minimum atomic E-state index is -1.07. The van der Waals surface area contributed by atoms with Crippen molar-refractivity contribution in [2.45, 2.75) is 0 Å². The first-order valence-electron chi connectivity index (χ1n) is 4.92. The van der Waals surface area contributed by atoms with Crippen molar-refractivity contribution in [1.29, 1.82) is 0 Å². The number of amides is 2. The molecule has 7 nitrogen and oxygen atoms in total. The van der Waals surface area contributed by atoms with Crippen molar-refractivity contribution in [3.63, 3.8) is 0 Å². The largest absolute Gasteiger partial charge is 0.478 e. The van der Waals surface area contributed by atoms with Gasteiger partial charge in [0.2, 0.25) is 5.91 Å². The highest BCUT2D eigenvalue weighted by Gasteiger charge is 2.07. The van der Waals surface area contributed by atoms with E-state index in [-0.39, 0.29) is 12.2 Å². The standard InChI is InChI=1S/C11H11N3O4/c12-9(15)6-14-11(18)8-3-1-7(5-13-8)2-4-10(16)17/h1-5H,6H2,(H2,12,15)(H,14,18)(H,16,17). The molecule has 0 bridgehead atoms. The first-order chi connectivity index (χ1) is 8.49. The molecule has 0 unspecified atom stereocenters. The van der Waals surface area contributed by atoms with Crippen LogP contribution in [0, 0.1) is 0 Å². The summed E-state index contributed by atoms with van der Waals surface area (Å²) in [4.78, 5) is 36.0. The molecule has 0 radical (unpaired) electrons. The SMILES string of the molecule is NC(=O)CNC(=O)c1ccc(C=CC(=O)O)cn1. The summed E-state index contributed by atoms with van der Waals surface area (Å²) < 4.78 is 0. The summed E-state index contributed by atoms with van der Waals surface area (Å²) in [6.07, 6.45) is 3.66. The molecule has 94 valence electrons. The molecule has 0 aliphatic carbocycles. The Morgan fingerprint density at radius 2 is 2.11 bits per heavy atom. The monoisotopic (exact) mass is 249 g/mol. The normalized spacial score (nSPS) is 10.2. The number of rotatable bonds is 5. The number of carbonyl (C=O) groups is 3. The maximum Gasteiger partial charge on any atom is 0.328 e. The number of carboxylic acid groups (broad SMARTS) is 1. The summed E-state index contributed by atoms with van der Waals surface area (Å²) in [6.45, 7) is -0.263. The van der Waals surface area contributed by atoms with E-state index in [9.17, 15) is 14.4 Å². The predicted molar refractivity (Wildman–Crippen MR) is 62.4 cm³/mol. The van der Waals surface area contributed by atoms with Crippen LogP contribution < -0.4 is 11.1 Å². The average Bonchev–Trinajstić information content (AvgIpc) is 2.34. The van der Waals surface area contributed by atoms with Gasteiger partial charge in [-0.25, -0.2) is 4.79 Å². The van der Waals surface area contributed by atoms with Gasteiger partial charge in [-0.1, -0.05) is 6.07 Å². The van der Waals surface area contributed by atoms with Crippen LogP contribution in [-0.2, 0) is 9.59 Å². The van der Waals surface area contributed by atoms with E-state index in [1.54, 1.807) is 0 Å². The Bertz CT molecular complexity index is 494. The van der Waals surface area contributed by atoms with Crippen LogP contribution in [0.3, 0.4) is 0 Å². The molecule has 0 saturated carbocycles. The summed E-state index contributed by atoms with van der Waals surface area (Å²) in [5, 5.41) is 10.7. The van der Waals surface area contributed by atoms with Crippen molar-refractivity contribution < 1.29 is 19.5 Å². The lowest BCUT2D eigenvalue weighted by Gasteiger charge is -2.01. The van der Waals surface area contributed by atoms with Gasteiger partial charge in [-0.15, -0.1) is 0 Å². The van der Waals surface area contributed by atoms with Gasteiger partial charge in [-0.3, -0.25) is 14.6 Å². The van der Waals surface area contributed by atoms with Crippen molar-refractivity contribution >= 4 is 23.9 Å². The van der Waals surface area contributed by atoms with Gasteiger partial charge in [0.15, 0.2) is 0 Å². The van der Waals surface area contributed by atoms with Crippen LogP contribution >= 0.6 is 0 Å². The number of aliphatic carboxylic acids is 1. The zero-order valence-electron chi connectivity index (χ0n) is 9.29. The van der Waals surface area contributed by atoms with E-state index in [1.165, 1.54) is 24.4 Å². The molecule has 0 saturated heterocycles. The number of nitrogens with one attached hydrogen (secondary N) is 1. The van der Waals surface area contributed by atoms with Gasteiger partial charge in [-0.2, -0.15) is 0 Å². The number of carbonyl (C=O) groups excluding carboxylic acids is 2. The van der Waals surface area contributed by atoms with Crippen molar-refractivity contribution in [1.82, 2.24) is 10.3 Å². The maximum absolute atomic E-state index is 11.4. The van der Waals surface area contributed by atoms with Crippen LogP contribution in [0.2, 0.25) is 0 Å². The number of carboxylic acids is 1. The molecule has 0 atom stereocenters. The third-order valence-electron chi connectivity index (χ3n) is 1.86. The number of primary amides is 1. The molecule has 1 aromatic heterocycles. The number of pyridine rings is 1. The molecule has 0 spiro atoms. The maximum atomic E-state index is 11.4. The summed E-state index contributed by atoms with van der Waals surface area (Å²) in [7, 11) is 0. The molecular weight excluding hydrogens is 238 g/mol. The third kappa shape index (κ3) is 4.44. The van der Waals surface area contributed by atoms with Gasteiger partial charge in [0.05, 0.1) is 6.54 Å². The van der Waals surface area contributed by atoms with Crippen LogP contribution in [0.1, 0.15) is 16.1 Å². The first-order valence-corrected chi connectivity index (χ1v) is 4.92. The Balaban J connectivity index is 2.67. The van der Waals surface area contributed by atoms with Gasteiger partial charge in [-0.05, 0) is 17.7 Å². The minimum Gasteiger partial charge on any atom is -0.478 e. The summed E-state index contributed by atoms with van der Waals surface area (Å²) in [6, 6.07) is 2.95. The summed E-state index contributed by atoms with van der Waals surface area (Å²) in [5.41, 5.74) is 5.53. The van der Waals surface area contributed by atoms with Crippen LogP contribution in [0.5, 0.6) is 0 Å². The van der Waals surface area contributed by atoms with Crippen LogP contribution in [0.25, 0.3) is 6.08 Å². The Morgan fingerprint density at radius 3 is 2.61 bits per heavy atom. The third-order valence-corrected chi connectivity index (χ3v) is 1.86. The molecule has 1 rings (SSSR count). The Labute approximate surface area is 102 Å². The predicted octanol–water partition coefficient (Wildman–Crippen LogP) is -0.605. The lowest BCUT2D eigenvalue weighted by Crippen LogP contribution is -2.33. The van der Waals surface area contributed by atoms with Gasteiger partial charge < -0.3 is 16.2 Å². The second-order valence-corrected chi connectivity index (χ2v) is 3.30. The van der Waals surface area contributed by atoms with E-state index in [2.05, 4.69) is 10.3 Å². The molecular formula is C11H11N3O4. The topological polar surface area (TPSA) is 122 Å². The molecule has 0 aliphatic heterocycles. The highest BCUT2D eigenvalue weighted by molar-refractivity contribution is 5.94. The minimum absolute atomic E-state index is 0.115. The Kier molecular flexibility index (Phi) is 4.56. The summed E-state index contributed by atoms with van der Waals surface area (Å²) in [5.74, 6) is -2.25.